The maximum atomic E-state index is 2.33. The van der Waals surface area contributed by atoms with Gasteiger partial charge in [0.05, 0.1) is 0 Å². The van der Waals surface area contributed by atoms with Crippen LogP contribution < -0.4 is 0 Å². The van der Waals surface area contributed by atoms with E-state index in [4.69, 9.17) is 0 Å². The molecule has 0 aliphatic rings. The summed E-state index contributed by atoms with van der Waals surface area (Å²) in [6, 6.07) is 0. The summed E-state index contributed by atoms with van der Waals surface area (Å²) in [6.45, 7) is 4.62. The van der Waals surface area contributed by atoms with Crippen molar-refractivity contribution in [3.05, 3.63) is 0 Å². The number of hydrogen-bond donors (Lipinski definition) is 0. The summed E-state index contributed by atoms with van der Waals surface area (Å²) in [5, 5.41) is 0. The standard InChI is InChI=1S/C12H28Si/c1-3-5-6-7-8-9-10-11-12(13)4-2/h12H,3-11H2,1-2,13H3. The van der Waals surface area contributed by atoms with Crippen LogP contribution in [-0.4, -0.2) is 10.2 Å². The average Bonchev–Trinajstić information content (AvgIpc) is 2.16. The maximum Gasteiger partial charge on any atom is 0.00671 e. The van der Waals surface area contributed by atoms with Crippen LogP contribution in [0.3, 0.4) is 0 Å². The fourth-order valence-corrected chi connectivity index (χ4v) is 2.06. The fraction of sp³-hybridized carbons (Fsp3) is 1.00. The van der Waals surface area contributed by atoms with Crippen molar-refractivity contribution < 1.29 is 0 Å². The summed E-state index contributed by atoms with van der Waals surface area (Å²) in [7, 11) is 1.41. The molecular formula is C12H28Si. The van der Waals surface area contributed by atoms with Gasteiger partial charge in [0.2, 0.25) is 0 Å². The Kier molecular flexibility index (Phi) is 10.5. The molecule has 0 aliphatic carbocycles. The van der Waals surface area contributed by atoms with Crippen molar-refractivity contribution in [3.8, 4) is 0 Å². The summed E-state index contributed by atoms with van der Waals surface area (Å²) in [5.41, 5.74) is 1.09. The number of hydrogen-bond acceptors (Lipinski definition) is 0. The predicted octanol–water partition coefficient (Wildman–Crippen LogP) is 3.69. The maximum absolute atomic E-state index is 2.33. The molecule has 0 aromatic carbocycles. The molecule has 0 aromatic rings. The molecule has 0 aliphatic heterocycles. The van der Waals surface area contributed by atoms with E-state index in [-0.39, 0.29) is 0 Å². The zero-order valence-corrected chi connectivity index (χ0v) is 11.9. The zero-order chi connectivity index (χ0) is 9.94. The Bertz CT molecular complexity index is 91.1. The van der Waals surface area contributed by atoms with Crippen LogP contribution in [-0.2, 0) is 0 Å². The molecule has 1 heteroatoms. The van der Waals surface area contributed by atoms with E-state index in [0.717, 1.165) is 5.54 Å². The molecule has 0 rings (SSSR count). The molecule has 13 heavy (non-hydrogen) atoms. The van der Waals surface area contributed by atoms with Gasteiger partial charge in [0.1, 0.15) is 0 Å². The smallest absolute Gasteiger partial charge is 0.00671 e. The minimum Gasteiger partial charge on any atom is -0.0654 e. The van der Waals surface area contributed by atoms with Gasteiger partial charge in [-0.25, -0.2) is 0 Å². The van der Waals surface area contributed by atoms with Gasteiger partial charge >= 0.3 is 0 Å². The highest BCUT2D eigenvalue weighted by Crippen LogP contribution is 2.16. The fourth-order valence-electron chi connectivity index (χ4n) is 1.65. The van der Waals surface area contributed by atoms with Crippen molar-refractivity contribution in [2.45, 2.75) is 77.2 Å². The van der Waals surface area contributed by atoms with Gasteiger partial charge in [0.25, 0.3) is 0 Å². The van der Waals surface area contributed by atoms with Crippen molar-refractivity contribution in [2.75, 3.05) is 0 Å². The molecule has 80 valence electrons. The third-order valence-electron chi connectivity index (χ3n) is 3.00. The van der Waals surface area contributed by atoms with Crippen molar-refractivity contribution in [1.82, 2.24) is 0 Å². The van der Waals surface area contributed by atoms with Crippen LogP contribution in [0.15, 0.2) is 0 Å². The monoisotopic (exact) mass is 200 g/mol. The second-order valence-electron chi connectivity index (χ2n) is 4.42. The topological polar surface area (TPSA) is 0 Å². The second kappa shape index (κ2) is 10.3. The van der Waals surface area contributed by atoms with Crippen LogP contribution in [0.2, 0.25) is 5.54 Å². The highest BCUT2D eigenvalue weighted by Gasteiger charge is 1.97. The molecular weight excluding hydrogens is 172 g/mol. The van der Waals surface area contributed by atoms with Gasteiger partial charge < -0.3 is 0 Å². The molecule has 0 radical (unpaired) electrons. The molecule has 0 saturated carbocycles. The van der Waals surface area contributed by atoms with E-state index in [1.807, 2.05) is 0 Å². The van der Waals surface area contributed by atoms with E-state index in [1.54, 1.807) is 0 Å². The van der Waals surface area contributed by atoms with Crippen LogP contribution >= 0.6 is 0 Å². The Balaban J connectivity index is 2.91. The lowest BCUT2D eigenvalue weighted by Crippen LogP contribution is -1.90. The Morgan fingerprint density at radius 2 is 1.38 bits per heavy atom. The number of unbranched alkanes of at least 4 members (excludes halogenated alkanes) is 6. The Morgan fingerprint density at radius 1 is 0.846 bits per heavy atom. The summed E-state index contributed by atoms with van der Waals surface area (Å²) < 4.78 is 0. The first-order valence-electron chi connectivity index (χ1n) is 6.31. The van der Waals surface area contributed by atoms with Crippen LogP contribution in [0.4, 0.5) is 0 Å². The Morgan fingerprint density at radius 3 is 1.92 bits per heavy atom. The van der Waals surface area contributed by atoms with Crippen molar-refractivity contribution in [3.63, 3.8) is 0 Å². The lowest BCUT2D eigenvalue weighted by molar-refractivity contribution is 0.562. The van der Waals surface area contributed by atoms with Crippen molar-refractivity contribution in [1.29, 1.82) is 0 Å². The van der Waals surface area contributed by atoms with Crippen LogP contribution in [0.5, 0.6) is 0 Å². The van der Waals surface area contributed by atoms with Crippen LogP contribution in [0.1, 0.15) is 71.6 Å². The number of rotatable bonds is 9. The van der Waals surface area contributed by atoms with E-state index in [1.165, 1.54) is 68.0 Å². The molecule has 0 saturated heterocycles. The highest BCUT2D eigenvalue weighted by atomic mass is 28.1. The summed E-state index contributed by atoms with van der Waals surface area (Å²) in [4.78, 5) is 0. The predicted molar refractivity (Wildman–Crippen MR) is 66.6 cm³/mol. The van der Waals surface area contributed by atoms with Crippen LogP contribution in [0.25, 0.3) is 0 Å². The van der Waals surface area contributed by atoms with Gasteiger partial charge in [-0.05, 0) is 0 Å². The second-order valence-corrected chi connectivity index (χ2v) is 6.06. The molecule has 0 nitrogen and oxygen atoms in total. The lowest BCUT2D eigenvalue weighted by atomic mass is 10.1. The first-order chi connectivity index (χ1) is 6.31. The quantitative estimate of drug-likeness (QED) is 0.393. The SMILES string of the molecule is CCCCCCCCCC([SiH3])CC. The van der Waals surface area contributed by atoms with E-state index in [9.17, 15) is 0 Å². The van der Waals surface area contributed by atoms with Gasteiger partial charge in [-0.1, -0.05) is 77.2 Å². The van der Waals surface area contributed by atoms with Crippen molar-refractivity contribution in [2.24, 2.45) is 0 Å². The highest BCUT2D eigenvalue weighted by molar-refractivity contribution is 6.11. The van der Waals surface area contributed by atoms with E-state index in [0.29, 0.717) is 0 Å². The van der Waals surface area contributed by atoms with Gasteiger partial charge in [-0.15, -0.1) is 0 Å². The normalized spacial score (nSPS) is 13.4. The summed E-state index contributed by atoms with van der Waals surface area (Å²) >= 11 is 0. The van der Waals surface area contributed by atoms with E-state index >= 15 is 0 Å². The largest absolute Gasteiger partial charge is 0.0654 e. The third kappa shape index (κ3) is 10.1. The lowest BCUT2D eigenvalue weighted by Gasteiger charge is -2.07. The van der Waals surface area contributed by atoms with Crippen molar-refractivity contribution >= 4 is 10.2 Å². The molecule has 0 N–H and O–H groups in total. The molecule has 1 unspecified atom stereocenters. The van der Waals surface area contributed by atoms with Crippen LogP contribution in [0, 0.1) is 0 Å². The zero-order valence-electron chi connectivity index (χ0n) is 9.94. The van der Waals surface area contributed by atoms with Gasteiger partial charge in [0.15, 0.2) is 0 Å². The first kappa shape index (κ1) is 13.2. The first-order valence-corrected chi connectivity index (χ1v) is 7.46. The minimum atomic E-state index is 1.09. The van der Waals surface area contributed by atoms with Gasteiger partial charge in [-0.3, -0.25) is 0 Å². The molecule has 1 atom stereocenters. The molecule has 0 bridgehead atoms. The Labute approximate surface area is 87.9 Å². The van der Waals surface area contributed by atoms with Gasteiger partial charge in [-0.2, -0.15) is 0 Å². The Hall–Kier alpha value is 0.217. The van der Waals surface area contributed by atoms with E-state index < -0.39 is 0 Å². The summed E-state index contributed by atoms with van der Waals surface area (Å²) in [5.74, 6) is 0. The molecule has 0 amide bonds. The van der Waals surface area contributed by atoms with Gasteiger partial charge in [0, 0.05) is 10.2 Å². The molecule has 0 heterocycles. The average molecular weight is 200 g/mol. The molecule has 0 aromatic heterocycles. The molecule has 0 fully saturated rings. The summed E-state index contributed by atoms with van der Waals surface area (Å²) in [6.07, 6.45) is 13.2. The van der Waals surface area contributed by atoms with E-state index in [2.05, 4.69) is 13.8 Å². The minimum absolute atomic E-state index is 1.09. The molecule has 0 spiro atoms. The third-order valence-corrected chi connectivity index (χ3v) is 4.39.